The third kappa shape index (κ3) is 3.86. The molecule has 1 saturated heterocycles. The summed E-state index contributed by atoms with van der Waals surface area (Å²) in [4.78, 5) is 10.6. The number of sulfone groups is 1. The summed E-state index contributed by atoms with van der Waals surface area (Å²) in [6.07, 6.45) is -1.53. The molecule has 0 bridgehead atoms. The standard InChI is InChI=1S/C12H14FNO7S2/c13-8-1-3-9(4-2-8)23(20,21)14(5-12(16)17)10-6-22(18,19)7-11(10)15/h1-4,10-11,15H,5-7H2,(H,16,17)/t10-,11-/m1/s1. The van der Waals surface area contributed by atoms with Crippen LogP contribution in [-0.2, 0) is 24.7 Å². The molecule has 23 heavy (non-hydrogen) atoms. The Labute approximate surface area is 132 Å². The van der Waals surface area contributed by atoms with E-state index >= 15 is 0 Å². The molecular formula is C12H14FNO7S2. The van der Waals surface area contributed by atoms with E-state index in [-0.39, 0.29) is 0 Å². The molecule has 0 aromatic heterocycles. The number of sulfonamides is 1. The largest absolute Gasteiger partial charge is 0.480 e. The van der Waals surface area contributed by atoms with Crippen LogP contribution in [0.15, 0.2) is 29.2 Å². The number of carboxylic acids is 1. The number of benzene rings is 1. The van der Waals surface area contributed by atoms with Crippen LogP contribution in [0.2, 0.25) is 0 Å². The zero-order valence-electron chi connectivity index (χ0n) is 11.7. The zero-order valence-corrected chi connectivity index (χ0v) is 13.3. The molecule has 0 amide bonds. The number of hydrogen-bond donors (Lipinski definition) is 2. The van der Waals surface area contributed by atoms with E-state index in [1.807, 2.05) is 0 Å². The van der Waals surface area contributed by atoms with Crippen molar-refractivity contribution in [3.05, 3.63) is 30.1 Å². The van der Waals surface area contributed by atoms with Gasteiger partial charge in [0.15, 0.2) is 9.84 Å². The first-order valence-corrected chi connectivity index (χ1v) is 9.67. The van der Waals surface area contributed by atoms with Gasteiger partial charge in [-0.15, -0.1) is 0 Å². The average Bonchev–Trinajstić information content (AvgIpc) is 2.69. The Morgan fingerprint density at radius 3 is 2.26 bits per heavy atom. The highest BCUT2D eigenvalue weighted by atomic mass is 32.2. The van der Waals surface area contributed by atoms with Crippen LogP contribution >= 0.6 is 0 Å². The lowest BCUT2D eigenvalue weighted by Gasteiger charge is -2.27. The van der Waals surface area contributed by atoms with E-state index in [1.165, 1.54) is 0 Å². The Morgan fingerprint density at radius 1 is 1.26 bits per heavy atom. The fourth-order valence-corrected chi connectivity index (χ4v) is 5.84. The second-order valence-corrected chi connectivity index (χ2v) is 9.15. The average molecular weight is 367 g/mol. The van der Waals surface area contributed by atoms with Crippen molar-refractivity contribution >= 4 is 25.8 Å². The van der Waals surface area contributed by atoms with Gasteiger partial charge in [0.25, 0.3) is 0 Å². The van der Waals surface area contributed by atoms with Crippen molar-refractivity contribution in [2.75, 3.05) is 18.1 Å². The van der Waals surface area contributed by atoms with E-state index in [0.717, 1.165) is 24.3 Å². The summed E-state index contributed by atoms with van der Waals surface area (Å²) in [5, 5.41) is 18.7. The van der Waals surface area contributed by atoms with Crippen molar-refractivity contribution in [3.63, 3.8) is 0 Å². The minimum absolute atomic E-state index is 0.392. The van der Waals surface area contributed by atoms with E-state index < -0.39 is 66.7 Å². The molecule has 1 heterocycles. The Kier molecular flexibility index (Phi) is 4.76. The Hall–Kier alpha value is -1.56. The number of aliphatic hydroxyl groups is 1. The van der Waals surface area contributed by atoms with Gasteiger partial charge < -0.3 is 10.2 Å². The fourth-order valence-electron chi connectivity index (χ4n) is 2.34. The van der Waals surface area contributed by atoms with E-state index in [1.54, 1.807) is 0 Å². The SMILES string of the molecule is O=C(O)CN([C@@H]1CS(=O)(=O)C[C@H]1O)S(=O)(=O)c1ccc(F)cc1. The third-order valence-corrected chi connectivity index (χ3v) is 6.96. The lowest BCUT2D eigenvalue weighted by atomic mass is 10.2. The van der Waals surface area contributed by atoms with Crippen LogP contribution in [0.5, 0.6) is 0 Å². The maximum atomic E-state index is 12.9. The highest BCUT2D eigenvalue weighted by Gasteiger charge is 2.45. The van der Waals surface area contributed by atoms with Gasteiger partial charge >= 0.3 is 5.97 Å². The number of carboxylic acid groups (broad SMARTS) is 1. The molecule has 2 N–H and O–H groups in total. The minimum Gasteiger partial charge on any atom is -0.480 e. The monoisotopic (exact) mass is 367 g/mol. The summed E-state index contributed by atoms with van der Waals surface area (Å²) < 4.78 is 61.6. The highest BCUT2D eigenvalue weighted by molar-refractivity contribution is 7.92. The van der Waals surface area contributed by atoms with Gasteiger partial charge in [0.05, 0.1) is 28.5 Å². The highest BCUT2D eigenvalue weighted by Crippen LogP contribution is 2.25. The van der Waals surface area contributed by atoms with Crippen LogP contribution < -0.4 is 0 Å². The molecule has 0 spiro atoms. The second-order valence-electron chi connectivity index (χ2n) is 5.11. The number of hydrogen-bond acceptors (Lipinski definition) is 6. The molecule has 0 unspecified atom stereocenters. The molecule has 1 fully saturated rings. The van der Waals surface area contributed by atoms with Gasteiger partial charge in [-0.05, 0) is 24.3 Å². The van der Waals surface area contributed by atoms with Crippen molar-refractivity contribution in [1.82, 2.24) is 4.31 Å². The molecule has 2 rings (SSSR count). The van der Waals surface area contributed by atoms with Crippen LogP contribution in [0.4, 0.5) is 4.39 Å². The molecule has 0 saturated carbocycles. The minimum atomic E-state index is -4.42. The van der Waals surface area contributed by atoms with Crippen LogP contribution in [0.1, 0.15) is 0 Å². The lowest BCUT2D eigenvalue weighted by molar-refractivity contribution is -0.137. The number of rotatable bonds is 5. The van der Waals surface area contributed by atoms with Crippen LogP contribution in [-0.4, -0.2) is 67.5 Å². The third-order valence-electron chi connectivity index (χ3n) is 3.37. The number of aliphatic hydroxyl groups excluding tert-OH is 1. The molecule has 1 aliphatic heterocycles. The first-order valence-electron chi connectivity index (χ1n) is 6.40. The molecule has 1 aromatic rings. The molecule has 8 nitrogen and oxygen atoms in total. The summed E-state index contributed by atoms with van der Waals surface area (Å²) in [7, 11) is -8.10. The molecule has 1 aromatic carbocycles. The zero-order chi connectivity index (χ0) is 17.4. The van der Waals surface area contributed by atoms with Crippen molar-refractivity contribution < 1.29 is 36.2 Å². The first-order chi connectivity index (χ1) is 10.5. The van der Waals surface area contributed by atoms with Gasteiger partial charge in [-0.2, -0.15) is 4.31 Å². The van der Waals surface area contributed by atoms with Crippen molar-refractivity contribution in [1.29, 1.82) is 0 Å². The topological polar surface area (TPSA) is 129 Å². The molecule has 0 radical (unpaired) electrons. The van der Waals surface area contributed by atoms with Crippen LogP contribution in [0, 0.1) is 5.82 Å². The van der Waals surface area contributed by atoms with Crippen LogP contribution in [0.25, 0.3) is 0 Å². The smallest absolute Gasteiger partial charge is 0.318 e. The number of halogens is 1. The van der Waals surface area contributed by atoms with Gasteiger partial charge in [0.1, 0.15) is 12.4 Å². The van der Waals surface area contributed by atoms with Crippen molar-refractivity contribution in [2.24, 2.45) is 0 Å². The normalized spacial score (nSPS) is 24.0. The Morgan fingerprint density at radius 2 is 1.83 bits per heavy atom. The summed E-state index contributed by atoms with van der Waals surface area (Å²) in [5.41, 5.74) is 0. The second kappa shape index (κ2) is 6.15. The van der Waals surface area contributed by atoms with Crippen LogP contribution in [0.3, 0.4) is 0 Å². The Bertz CT molecular complexity index is 804. The van der Waals surface area contributed by atoms with E-state index in [9.17, 15) is 31.1 Å². The Balaban J connectivity index is 2.46. The molecule has 0 aliphatic carbocycles. The van der Waals surface area contributed by atoms with Crippen molar-refractivity contribution in [2.45, 2.75) is 17.0 Å². The van der Waals surface area contributed by atoms with E-state index in [4.69, 9.17) is 5.11 Å². The summed E-state index contributed by atoms with van der Waals surface area (Å²) >= 11 is 0. The van der Waals surface area contributed by atoms with Gasteiger partial charge in [-0.25, -0.2) is 21.2 Å². The molecule has 11 heteroatoms. The van der Waals surface area contributed by atoms with Gasteiger partial charge in [0, 0.05) is 0 Å². The van der Waals surface area contributed by atoms with E-state index in [2.05, 4.69) is 0 Å². The predicted octanol–water partition coefficient (Wildman–Crippen LogP) is -0.941. The van der Waals surface area contributed by atoms with Gasteiger partial charge in [-0.1, -0.05) is 0 Å². The van der Waals surface area contributed by atoms with Crippen molar-refractivity contribution in [3.8, 4) is 0 Å². The number of aliphatic carboxylic acids is 1. The predicted molar refractivity (Wildman–Crippen MR) is 76.4 cm³/mol. The summed E-state index contributed by atoms with van der Waals surface area (Å²) in [6, 6.07) is 2.23. The molecule has 2 atom stereocenters. The summed E-state index contributed by atoms with van der Waals surface area (Å²) in [6.45, 7) is -1.02. The molecule has 1 aliphatic rings. The maximum absolute atomic E-state index is 12.9. The molecular weight excluding hydrogens is 353 g/mol. The van der Waals surface area contributed by atoms with Gasteiger partial charge in [-0.3, -0.25) is 4.79 Å². The lowest BCUT2D eigenvalue weighted by Crippen LogP contribution is -2.48. The first kappa shape index (κ1) is 17.8. The molecule has 128 valence electrons. The maximum Gasteiger partial charge on any atom is 0.318 e. The van der Waals surface area contributed by atoms with E-state index in [0.29, 0.717) is 4.31 Å². The number of nitrogens with zero attached hydrogens (tertiary/aromatic N) is 1. The van der Waals surface area contributed by atoms with Gasteiger partial charge in [0.2, 0.25) is 10.0 Å². The summed E-state index contributed by atoms with van der Waals surface area (Å²) in [5.74, 6) is -3.52. The number of carbonyl (C=O) groups is 1. The quantitative estimate of drug-likeness (QED) is 0.687. The fraction of sp³-hybridized carbons (Fsp3) is 0.417.